The fourth-order valence-corrected chi connectivity index (χ4v) is 7.06. The van der Waals surface area contributed by atoms with Crippen LogP contribution in [0, 0.1) is 28.6 Å². The van der Waals surface area contributed by atoms with Crippen LogP contribution in [0.1, 0.15) is 62.7 Å². The van der Waals surface area contributed by atoms with Crippen LogP contribution in [-0.4, -0.2) is 11.7 Å². The first-order valence-electron chi connectivity index (χ1n) is 8.89. The van der Waals surface area contributed by atoms with Crippen LogP contribution >= 0.6 is 0 Å². The molecule has 0 aliphatic heterocycles. The quantitative estimate of drug-likeness (QED) is 0.842. The topological polar surface area (TPSA) is 33.4 Å². The summed E-state index contributed by atoms with van der Waals surface area (Å²) < 4.78 is 5.69. The molecule has 2 heteroatoms. The second-order valence-corrected chi connectivity index (χ2v) is 8.38. The molecule has 1 N–H and O–H groups in total. The van der Waals surface area contributed by atoms with E-state index in [2.05, 4.69) is 13.0 Å². The molecule has 1 aromatic rings. The van der Waals surface area contributed by atoms with Gasteiger partial charge >= 0.3 is 0 Å². The van der Waals surface area contributed by atoms with E-state index < -0.39 is 0 Å². The van der Waals surface area contributed by atoms with Gasteiger partial charge in [0, 0.05) is 18.4 Å². The molecule has 0 bridgehead atoms. The standard InChI is InChI=1S/C19H26O2/c1-12-2-4-16-14-3-5-17-15(7-9-21-17)13(14)6-8-18(16)10-19(12,18)11-20/h7,9,12-14,16,20H,2-6,8,10-11H2,1H3/t12-,13?,14?,16?,18-,19?/m1/s1. The molecule has 114 valence electrons. The Bertz CT molecular complexity index is 576. The van der Waals surface area contributed by atoms with Gasteiger partial charge in [0.05, 0.1) is 6.26 Å². The molecule has 1 aromatic heterocycles. The van der Waals surface area contributed by atoms with Crippen molar-refractivity contribution < 1.29 is 9.52 Å². The minimum Gasteiger partial charge on any atom is -0.469 e. The molecular formula is C19H26O2. The van der Waals surface area contributed by atoms with Gasteiger partial charge < -0.3 is 9.52 Å². The summed E-state index contributed by atoms with van der Waals surface area (Å²) in [5, 5.41) is 10.1. The molecule has 1 heterocycles. The van der Waals surface area contributed by atoms with Crippen molar-refractivity contribution in [1.82, 2.24) is 0 Å². The van der Waals surface area contributed by atoms with Crippen molar-refractivity contribution in [2.45, 2.75) is 57.8 Å². The first kappa shape index (κ1) is 12.8. The SMILES string of the molecule is C[C@@H]1CCC2C3CCc4occc4C3CC[C@@]23CC13CO. The van der Waals surface area contributed by atoms with Crippen molar-refractivity contribution in [3.63, 3.8) is 0 Å². The van der Waals surface area contributed by atoms with E-state index in [9.17, 15) is 5.11 Å². The number of rotatable bonds is 1. The lowest BCUT2D eigenvalue weighted by atomic mass is 9.53. The molecule has 4 aliphatic carbocycles. The van der Waals surface area contributed by atoms with Crippen LogP contribution in [0.5, 0.6) is 0 Å². The Morgan fingerprint density at radius 2 is 2.19 bits per heavy atom. The van der Waals surface area contributed by atoms with Gasteiger partial charge in [-0.25, -0.2) is 0 Å². The van der Waals surface area contributed by atoms with Crippen LogP contribution in [0.2, 0.25) is 0 Å². The summed E-state index contributed by atoms with van der Waals surface area (Å²) in [6.45, 7) is 2.82. The third-order valence-electron chi connectivity index (χ3n) is 8.16. The van der Waals surface area contributed by atoms with E-state index >= 15 is 0 Å². The lowest BCUT2D eigenvalue weighted by molar-refractivity contribution is -0.0198. The van der Waals surface area contributed by atoms with Gasteiger partial charge in [-0.05, 0) is 79.2 Å². The predicted octanol–water partition coefficient (Wildman–Crippen LogP) is 4.13. The Hall–Kier alpha value is -0.760. The summed E-state index contributed by atoms with van der Waals surface area (Å²) in [7, 11) is 0. The summed E-state index contributed by atoms with van der Waals surface area (Å²) in [5.74, 6) is 4.45. The molecule has 1 spiro atoms. The Labute approximate surface area is 126 Å². The maximum Gasteiger partial charge on any atom is 0.107 e. The number of aliphatic hydroxyl groups is 1. The van der Waals surface area contributed by atoms with E-state index in [0.717, 1.165) is 30.1 Å². The van der Waals surface area contributed by atoms with Gasteiger partial charge in [-0.2, -0.15) is 0 Å². The van der Waals surface area contributed by atoms with Crippen molar-refractivity contribution in [2.24, 2.45) is 28.6 Å². The summed E-state index contributed by atoms with van der Waals surface area (Å²) in [4.78, 5) is 0. The smallest absolute Gasteiger partial charge is 0.107 e. The number of hydrogen-bond donors (Lipinski definition) is 1. The normalized spacial score (nSPS) is 50.6. The first-order chi connectivity index (χ1) is 10.2. The number of hydrogen-bond acceptors (Lipinski definition) is 2. The highest BCUT2D eigenvalue weighted by molar-refractivity contribution is 5.31. The zero-order valence-electron chi connectivity index (χ0n) is 13.0. The van der Waals surface area contributed by atoms with E-state index in [1.165, 1.54) is 49.8 Å². The highest BCUT2D eigenvalue weighted by Gasteiger charge is 2.75. The second-order valence-electron chi connectivity index (χ2n) is 8.38. The fourth-order valence-electron chi connectivity index (χ4n) is 7.06. The minimum atomic E-state index is 0.289. The van der Waals surface area contributed by atoms with E-state index in [1.54, 1.807) is 0 Å². The van der Waals surface area contributed by atoms with Gasteiger partial charge in [0.2, 0.25) is 0 Å². The Morgan fingerprint density at radius 3 is 3.05 bits per heavy atom. The molecule has 6 atom stereocenters. The minimum absolute atomic E-state index is 0.289. The van der Waals surface area contributed by atoms with Crippen LogP contribution in [0.25, 0.3) is 0 Å². The molecule has 4 unspecified atom stereocenters. The van der Waals surface area contributed by atoms with Crippen molar-refractivity contribution in [3.8, 4) is 0 Å². The lowest BCUT2D eigenvalue weighted by Crippen LogP contribution is -2.45. The lowest BCUT2D eigenvalue weighted by Gasteiger charge is -2.51. The van der Waals surface area contributed by atoms with Crippen LogP contribution < -0.4 is 0 Å². The molecule has 21 heavy (non-hydrogen) atoms. The summed E-state index contributed by atoms with van der Waals surface area (Å²) >= 11 is 0. The number of aryl methyl sites for hydroxylation is 1. The second kappa shape index (κ2) is 3.95. The predicted molar refractivity (Wildman–Crippen MR) is 81.0 cm³/mol. The summed E-state index contributed by atoms with van der Waals surface area (Å²) in [5.41, 5.74) is 2.31. The highest BCUT2D eigenvalue weighted by atomic mass is 16.3. The van der Waals surface area contributed by atoms with E-state index in [4.69, 9.17) is 4.42 Å². The van der Waals surface area contributed by atoms with Gasteiger partial charge in [-0.1, -0.05) is 6.92 Å². The first-order valence-corrected chi connectivity index (χ1v) is 8.89. The highest BCUT2D eigenvalue weighted by Crippen LogP contribution is 2.81. The molecule has 0 amide bonds. The Balaban J connectivity index is 1.53. The van der Waals surface area contributed by atoms with Crippen molar-refractivity contribution in [3.05, 3.63) is 23.7 Å². The molecule has 5 rings (SSSR count). The van der Waals surface area contributed by atoms with E-state index in [0.29, 0.717) is 12.0 Å². The van der Waals surface area contributed by atoms with E-state index in [1.807, 2.05) is 6.26 Å². The molecule has 3 fully saturated rings. The maximum atomic E-state index is 10.1. The van der Waals surface area contributed by atoms with Crippen LogP contribution in [0.15, 0.2) is 16.7 Å². The van der Waals surface area contributed by atoms with Gasteiger partial charge in [-0.15, -0.1) is 0 Å². The maximum absolute atomic E-state index is 10.1. The zero-order valence-corrected chi connectivity index (χ0v) is 13.0. The molecule has 0 aromatic carbocycles. The fraction of sp³-hybridized carbons (Fsp3) is 0.789. The Morgan fingerprint density at radius 1 is 1.29 bits per heavy atom. The molecule has 3 saturated carbocycles. The molecule has 4 aliphatic rings. The number of fused-ring (bicyclic) bond motifs is 4. The van der Waals surface area contributed by atoms with Gasteiger partial charge in [-0.3, -0.25) is 0 Å². The van der Waals surface area contributed by atoms with Crippen molar-refractivity contribution >= 4 is 0 Å². The monoisotopic (exact) mass is 286 g/mol. The molecule has 2 nitrogen and oxygen atoms in total. The number of furan rings is 1. The van der Waals surface area contributed by atoms with Crippen LogP contribution in [0.3, 0.4) is 0 Å². The summed E-state index contributed by atoms with van der Waals surface area (Å²) in [6, 6.07) is 2.24. The molecule has 0 saturated heterocycles. The van der Waals surface area contributed by atoms with E-state index in [-0.39, 0.29) is 5.41 Å². The summed E-state index contributed by atoms with van der Waals surface area (Å²) in [6.07, 6.45) is 11.0. The largest absolute Gasteiger partial charge is 0.469 e. The molecule has 0 radical (unpaired) electrons. The third kappa shape index (κ3) is 1.34. The van der Waals surface area contributed by atoms with Crippen molar-refractivity contribution in [1.29, 1.82) is 0 Å². The third-order valence-corrected chi connectivity index (χ3v) is 8.16. The van der Waals surface area contributed by atoms with Gasteiger partial charge in [0.1, 0.15) is 5.76 Å². The average Bonchev–Trinajstić information content (AvgIpc) is 2.95. The van der Waals surface area contributed by atoms with Crippen molar-refractivity contribution in [2.75, 3.05) is 6.61 Å². The number of aliphatic hydroxyl groups excluding tert-OH is 1. The van der Waals surface area contributed by atoms with Crippen LogP contribution in [-0.2, 0) is 6.42 Å². The average molecular weight is 286 g/mol. The molecular weight excluding hydrogens is 260 g/mol. The zero-order chi connectivity index (χ0) is 14.2. The van der Waals surface area contributed by atoms with Gasteiger partial charge in [0.15, 0.2) is 0 Å². The van der Waals surface area contributed by atoms with Crippen LogP contribution in [0.4, 0.5) is 0 Å². The van der Waals surface area contributed by atoms with Gasteiger partial charge in [0.25, 0.3) is 0 Å². The Kier molecular flexibility index (Phi) is 2.40.